The predicted octanol–water partition coefficient (Wildman–Crippen LogP) is 3.83. The second kappa shape index (κ2) is 5.77. The average molecular weight is 285 g/mol. The van der Waals surface area contributed by atoms with Crippen molar-refractivity contribution in [1.82, 2.24) is 15.3 Å². The van der Waals surface area contributed by atoms with E-state index in [-0.39, 0.29) is 0 Å². The second-order valence-electron chi connectivity index (χ2n) is 5.25. The first-order chi connectivity index (χ1) is 9.72. The highest BCUT2D eigenvalue weighted by Gasteiger charge is 2.07. The molecule has 20 heavy (non-hydrogen) atoms. The van der Waals surface area contributed by atoms with Gasteiger partial charge >= 0.3 is 0 Å². The standard InChI is InChI=1S/C16H19N3S/c1-11(2)17-8-7-16-18-10-13(19-16)15-9-12-5-3-4-6-14(12)20-15/h3-6,9-11,17H,7-8H2,1-2H3,(H,18,19). The van der Waals surface area contributed by atoms with E-state index in [0.717, 1.165) is 24.5 Å². The largest absolute Gasteiger partial charge is 0.341 e. The van der Waals surface area contributed by atoms with Gasteiger partial charge in [-0.15, -0.1) is 11.3 Å². The minimum Gasteiger partial charge on any atom is -0.341 e. The lowest BCUT2D eigenvalue weighted by atomic mass is 10.2. The Kier molecular flexibility index (Phi) is 3.85. The number of thiophene rings is 1. The van der Waals surface area contributed by atoms with Crippen molar-refractivity contribution >= 4 is 21.4 Å². The van der Waals surface area contributed by atoms with E-state index in [0.29, 0.717) is 6.04 Å². The monoisotopic (exact) mass is 285 g/mol. The van der Waals surface area contributed by atoms with Gasteiger partial charge in [0.2, 0.25) is 0 Å². The fourth-order valence-corrected chi connectivity index (χ4v) is 3.24. The number of rotatable bonds is 5. The Balaban J connectivity index is 1.75. The molecule has 104 valence electrons. The zero-order valence-electron chi connectivity index (χ0n) is 11.8. The first kappa shape index (κ1) is 13.3. The fraction of sp³-hybridized carbons (Fsp3) is 0.312. The van der Waals surface area contributed by atoms with Gasteiger partial charge in [0.1, 0.15) is 5.82 Å². The summed E-state index contributed by atoms with van der Waals surface area (Å²) >= 11 is 1.81. The van der Waals surface area contributed by atoms with E-state index in [4.69, 9.17) is 0 Å². The molecule has 0 aliphatic rings. The molecule has 0 spiro atoms. The van der Waals surface area contributed by atoms with Gasteiger partial charge in [0, 0.05) is 23.7 Å². The lowest BCUT2D eigenvalue weighted by Gasteiger charge is -2.05. The summed E-state index contributed by atoms with van der Waals surface area (Å²) in [4.78, 5) is 9.15. The second-order valence-corrected chi connectivity index (χ2v) is 6.33. The SMILES string of the molecule is CC(C)NCCc1ncc(-c2cc3ccccc3s2)[nH]1. The van der Waals surface area contributed by atoms with Crippen molar-refractivity contribution in [1.29, 1.82) is 0 Å². The van der Waals surface area contributed by atoms with Crippen LogP contribution in [0.2, 0.25) is 0 Å². The number of nitrogens with zero attached hydrogens (tertiary/aromatic N) is 1. The summed E-state index contributed by atoms with van der Waals surface area (Å²) in [5.41, 5.74) is 1.12. The van der Waals surface area contributed by atoms with Crippen LogP contribution >= 0.6 is 11.3 Å². The van der Waals surface area contributed by atoms with Crippen LogP contribution in [-0.2, 0) is 6.42 Å². The maximum absolute atomic E-state index is 4.47. The molecule has 0 amide bonds. The Morgan fingerprint density at radius 1 is 1.30 bits per heavy atom. The number of H-pyrrole nitrogens is 1. The summed E-state index contributed by atoms with van der Waals surface area (Å²) in [5, 5.41) is 4.70. The van der Waals surface area contributed by atoms with E-state index in [1.165, 1.54) is 15.0 Å². The third kappa shape index (κ3) is 2.92. The molecular formula is C16H19N3S. The Hall–Kier alpha value is -1.65. The van der Waals surface area contributed by atoms with Crippen molar-refractivity contribution in [3.63, 3.8) is 0 Å². The lowest BCUT2D eigenvalue weighted by Crippen LogP contribution is -2.25. The molecule has 0 saturated carbocycles. The molecule has 2 aromatic heterocycles. The van der Waals surface area contributed by atoms with Crippen molar-refractivity contribution in [3.8, 4) is 10.6 Å². The van der Waals surface area contributed by atoms with E-state index in [9.17, 15) is 0 Å². The molecule has 0 radical (unpaired) electrons. The molecule has 0 unspecified atom stereocenters. The number of nitrogens with one attached hydrogen (secondary N) is 2. The topological polar surface area (TPSA) is 40.7 Å². The minimum absolute atomic E-state index is 0.520. The molecular weight excluding hydrogens is 266 g/mol. The van der Waals surface area contributed by atoms with Gasteiger partial charge in [0.05, 0.1) is 16.8 Å². The molecule has 3 nitrogen and oxygen atoms in total. The molecule has 1 aromatic carbocycles. The maximum Gasteiger partial charge on any atom is 0.107 e. The van der Waals surface area contributed by atoms with Crippen LogP contribution < -0.4 is 5.32 Å². The summed E-state index contributed by atoms with van der Waals surface area (Å²) < 4.78 is 1.32. The van der Waals surface area contributed by atoms with Crippen LogP contribution in [0.1, 0.15) is 19.7 Å². The van der Waals surface area contributed by atoms with Crippen molar-refractivity contribution in [2.45, 2.75) is 26.3 Å². The molecule has 0 aliphatic heterocycles. The van der Waals surface area contributed by atoms with E-state index in [1.807, 2.05) is 6.20 Å². The number of aromatic amines is 1. The molecule has 2 heterocycles. The number of aromatic nitrogens is 2. The van der Waals surface area contributed by atoms with Crippen molar-refractivity contribution in [2.24, 2.45) is 0 Å². The highest BCUT2D eigenvalue weighted by Crippen LogP contribution is 2.32. The first-order valence-corrected chi connectivity index (χ1v) is 7.80. The van der Waals surface area contributed by atoms with Gasteiger partial charge in [0.15, 0.2) is 0 Å². The summed E-state index contributed by atoms with van der Waals surface area (Å²) in [6, 6.07) is 11.2. The molecule has 3 rings (SSSR count). The Labute approximate surface area is 123 Å². The summed E-state index contributed by atoms with van der Waals surface area (Å²) in [6.45, 7) is 5.27. The number of benzene rings is 1. The first-order valence-electron chi connectivity index (χ1n) is 6.98. The minimum atomic E-state index is 0.520. The number of hydrogen-bond acceptors (Lipinski definition) is 3. The van der Waals surface area contributed by atoms with Crippen molar-refractivity contribution < 1.29 is 0 Å². The van der Waals surface area contributed by atoms with Crippen molar-refractivity contribution in [2.75, 3.05) is 6.54 Å². The fourth-order valence-electron chi connectivity index (χ4n) is 2.21. The lowest BCUT2D eigenvalue weighted by molar-refractivity contribution is 0.584. The Morgan fingerprint density at radius 3 is 2.95 bits per heavy atom. The maximum atomic E-state index is 4.47. The van der Waals surface area contributed by atoms with E-state index in [2.05, 4.69) is 59.5 Å². The highest BCUT2D eigenvalue weighted by molar-refractivity contribution is 7.22. The van der Waals surface area contributed by atoms with Gasteiger partial charge in [-0.25, -0.2) is 4.98 Å². The van der Waals surface area contributed by atoms with Crippen LogP contribution in [0.3, 0.4) is 0 Å². The van der Waals surface area contributed by atoms with E-state index >= 15 is 0 Å². The van der Waals surface area contributed by atoms with Crippen LogP contribution in [0.4, 0.5) is 0 Å². The summed E-state index contributed by atoms with van der Waals surface area (Å²) in [6.07, 6.45) is 2.87. The third-order valence-corrected chi connectivity index (χ3v) is 4.38. The molecule has 0 atom stereocenters. The number of hydrogen-bond donors (Lipinski definition) is 2. The predicted molar refractivity (Wildman–Crippen MR) is 86.2 cm³/mol. The van der Waals surface area contributed by atoms with Crippen LogP contribution in [0.15, 0.2) is 36.5 Å². The van der Waals surface area contributed by atoms with E-state index in [1.54, 1.807) is 11.3 Å². The molecule has 4 heteroatoms. The zero-order valence-corrected chi connectivity index (χ0v) is 12.6. The molecule has 2 N–H and O–H groups in total. The zero-order chi connectivity index (χ0) is 13.9. The molecule has 0 bridgehead atoms. The van der Waals surface area contributed by atoms with Gasteiger partial charge in [-0.2, -0.15) is 0 Å². The van der Waals surface area contributed by atoms with Gasteiger partial charge in [-0.1, -0.05) is 32.0 Å². The van der Waals surface area contributed by atoms with Crippen LogP contribution in [0.25, 0.3) is 20.7 Å². The van der Waals surface area contributed by atoms with Crippen LogP contribution in [0, 0.1) is 0 Å². The highest BCUT2D eigenvalue weighted by atomic mass is 32.1. The molecule has 0 saturated heterocycles. The third-order valence-electron chi connectivity index (χ3n) is 3.23. The molecule has 0 fully saturated rings. The number of fused-ring (bicyclic) bond motifs is 1. The van der Waals surface area contributed by atoms with Gasteiger partial charge in [-0.05, 0) is 17.5 Å². The van der Waals surface area contributed by atoms with Gasteiger partial charge in [0.25, 0.3) is 0 Å². The normalized spacial score (nSPS) is 11.6. The average Bonchev–Trinajstić information content (AvgIpc) is 3.03. The van der Waals surface area contributed by atoms with Crippen LogP contribution in [-0.4, -0.2) is 22.6 Å². The van der Waals surface area contributed by atoms with E-state index < -0.39 is 0 Å². The smallest absolute Gasteiger partial charge is 0.107 e. The van der Waals surface area contributed by atoms with Crippen molar-refractivity contribution in [3.05, 3.63) is 42.4 Å². The molecule has 0 aliphatic carbocycles. The Morgan fingerprint density at radius 2 is 2.15 bits per heavy atom. The van der Waals surface area contributed by atoms with Crippen LogP contribution in [0.5, 0.6) is 0 Å². The van der Waals surface area contributed by atoms with Gasteiger partial charge < -0.3 is 10.3 Å². The summed E-state index contributed by atoms with van der Waals surface area (Å²) in [5.74, 6) is 1.05. The quantitative estimate of drug-likeness (QED) is 0.748. The summed E-state index contributed by atoms with van der Waals surface area (Å²) in [7, 11) is 0. The Bertz CT molecular complexity index is 663. The van der Waals surface area contributed by atoms with Gasteiger partial charge in [-0.3, -0.25) is 0 Å². The molecule has 3 aromatic rings. The number of imidazole rings is 1.